The van der Waals surface area contributed by atoms with Crippen LogP contribution in [0, 0.1) is 5.92 Å². The van der Waals surface area contributed by atoms with Crippen LogP contribution in [0.15, 0.2) is 16.7 Å². The Labute approximate surface area is 102 Å². The maximum Gasteiger partial charge on any atom is 0.231 e. The number of rotatable bonds is 0. The molecule has 1 amide bonds. The molecule has 1 fully saturated rings. The number of ether oxygens (including phenoxy) is 1. The van der Waals surface area contributed by atoms with E-state index in [0.29, 0.717) is 12.4 Å². The minimum absolute atomic E-state index is 0.0343. The average molecular weight is 283 g/mol. The molecular formula is C11H11BrN2O2. The molecule has 0 aromatic carbocycles. The number of nitrogens with zero attached hydrogens (tertiary/aromatic N) is 1. The lowest BCUT2D eigenvalue weighted by Crippen LogP contribution is -2.40. The van der Waals surface area contributed by atoms with Crippen LogP contribution < -0.4 is 5.32 Å². The van der Waals surface area contributed by atoms with E-state index in [1.807, 2.05) is 6.07 Å². The Morgan fingerprint density at radius 1 is 1.50 bits per heavy atom. The molecule has 1 aromatic rings. The number of hydrogen-bond acceptors (Lipinski definition) is 3. The van der Waals surface area contributed by atoms with E-state index >= 15 is 0 Å². The number of hydrogen-bond donors (Lipinski definition) is 1. The molecule has 2 atom stereocenters. The summed E-state index contributed by atoms with van der Waals surface area (Å²) in [5, 5.41) is 2.84. The van der Waals surface area contributed by atoms with Gasteiger partial charge in [-0.25, -0.2) is 4.98 Å². The molecule has 3 rings (SSSR count). The summed E-state index contributed by atoms with van der Waals surface area (Å²) in [4.78, 5) is 16.1. The topological polar surface area (TPSA) is 51.2 Å². The van der Waals surface area contributed by atoms with E-state index in [1.165, 1.54) is 0 Å². The molecule has 5 heteroatoms. The Morgan fingerprint density at radius 3 is 3.25 bits per heavy atom. The van der Waals surface area contributed by atoms with Crippen LogP contribution in [0.3, 0.4) is 0 Å². The number of fused-ring (bicyclic) bond motifs is 3. The van der Waals surface area contributed by atoms with Gasteiger partial charge in [0.05, 0.1) is 12.5 Å². The standard InChI is InChI=1S/C11H11BrN2O2/c12-6-3-8-7-1-2-16-5-9(7)11(15)14-10(8)13-4-6/h3-4,7,9H,1-2,5H2,(H,13,14,15)/t7-,9+/m1/s1. The highest BCUT2D eigenvalue weighted by atomic mass is 79.9. The summed E-state index contributed by atoms with van der Waals surface area (Å²) in [5.74, 6) is 0.934. The SMILES string of the molecule is O=C1Nc2ncc(Br)cc2[C@H]2CCOC[C@H]12. The van der Waals surface area contributed by atoms with Crippen LogP contribution in [0.5, 0.6) is 0 Å². The van der Waals surface area contributed by atoms with Gasteiger partial charge >= 0.3 is 0 Å². The second kappa shape index (κ2) is 3.82. The number of amides is 1. The number of carbonyl (C=O) groups excluding carboxylic acids is 1. The summed E-state index contributed by atoms with van der Waals surface area (Å²) in [5.41, 5.74) is 1.13. The van der Waals surface area contributed by atoms with E-state index in [2.05, 4.69) is 26.2 Å². The maximum absolute atomic E-state index is 11.8. The predicted molar refractivity (Wildman–Crippen MR) is 62.2 cm³/mol. The van der Waals surface area contributed by atoms with Gasteiger partial charge in [-0.3, -0.25) is 4.79 Å². The molecule has 0 bridgehead atoms. The molecule has 0 unspecified atom stereocenters. The Bertz CT molecular complexity index is 450. The van der Waals surface area contributed by atoms with Crippen molar-refractivity contribution in [2.45, 2.75) is 12.3 Å². The Morgan fingerprint density at radius 2 is 2.38 bits per heavy atom. The highest BCUT2D eigenvalue weighted by Crippen LogP contribution is 2.40. The quantitative estimate of drug-likeness (QED) is 0.791. The summed E-state index contributed by atoms with van der Waals surface area (Å²) >= 11 is 3.42. The smallest absolute Gasteiger partial charge is 0.231 e. The van der Waals surface area contributed by atoms with Crippen LogP contribution in [0.25, 0.3) is 0 Å². The third kappa shape index (κ3) is 1.55. The molecule has 1 saturated heterocycles. The molecule has 2 aliphatic rings. The monoisotopic (exact) mass is 282 g/mol. The van der Waals surface area contributed by atoms with Crippen molar-refractivity contribution in [1.29, 1.82) is 0 Å². The van der Waals surface area contributed by atoms with E-state index < -0.39 is 0 Å². The highest BCUT2D eigenvalue weighted by molar-refractivity contribution is 9.10. The van der Waals surface area contributed by atoms with Crippen molar-refractivity contribution < 1.29 is 9.53 Å². The first-order valence-corrected chi connectivity index (χ1v) is 6.09. The third-order valence-corrected chi connectivity index (χ3v) is 3.65. The second-order valence-corrected chi connectivity index (χ2v) is 5.07. The molecule has 3 heterocycles. The lowest BCUT2D eigenvalue weighted by Gasteiger charge is -2.35. The van der Waals surface area contributed by atoms with Gasteiger partial charge in [0.15, 0.2) is 0 Å². The lowest BCUT2D eigenvalue weighted by atomic mass is 9.80. The number of halogens is 1. The van der Waals surface area contributed by atoms with E-state index in [1.54, 1.807) is 6.20 Å². The number of anilines is 1. The van der Waals surface area contributed by atoms with Crippen molar-refractivity contribution in [3.63, 3.8) is 0 Å². The maximum atomic E-state index is 11.8. The average Bonchev–Trinajstić information content (AvgIpc) is 2.31. The minimum atomic E-state index is -0.0580. The number of pyridine rings is 1. The van der Waals surface area contributed by atoms with Gasteiger partial charge in [-0.05, 0) is 28.4 Å². The van der Waals surface area contributed by atoms with Gasteiger partial charge in [-0.15, -0.1) is 0 Å². The molecular weight excluding hydrogens is 272 g/mol. The fraction of sp³-hybridized carbons (Fsp3) is 0.455. The van der Waals surface area contributed by atoms with Gasteiger partial charge < -0.3 is 10.1 Å². The van der Waals surface area contributed by atoms with E-state index in [4.69, 9.17) is 4.74 Å². The third-order valence-electron chi connectivity index (χ3n) is 3.22. The van der Waals surface area contributed by atoms with Crippen molar-refractivity contribution >= 4 is 27.7 Å². The summed E-state index contributed by atoms with van der Waals surface area (Å²) in [6, 6.07) is 2.05. The van der Waals surface area contributed by atoms with Crippen LogP contribution in [-0.2, 0) is 9.53 Å². The zero-order valence-electron chi connectivity index (χ0n) is 8.57. The van der Waals surface area contributed by atoms with E-state index in [0.717, 1.165) is 23.1 Å². The summed E-state index contributed by atoms with van der Waals surface area (Å²) < 4.78 is 6.31. The first-order valence-electron chi connectivity index (χ1n) is 5.30. The fourth-order valence-corrected chi connectivity index (χ4v) is 2.77. The number of aromatic nitrogens is 1. The molecule has 1 N–H and O–H groups in total. The highest BCUT2D eigenvalue weighted by Gasteiger charge is 2.38. The van der Waals surface area contributed by atoms with Gasteiger partial charge in [0, 0.05) is 28.8 Å². The van der Waals surface area contributed by atoms with Gasteiger partial charge in [0.2, 0.25) is 5.91 Å². The van der Waals surface area contributed by atoms with Crippen molar-refractivity contribution in [2.24, 2.45) is 5.92 Å². The molecule has 0 radical (unpaired) electrons. The predicted octanol–water partition coefficient (Wildman–Crippen LogP) is 1.92. The summed E-state index contributed by atoms with van der Waals surface area (Å²) in [6.07, 6.45) is 2.60. The van der Waals surface area contributed by atoms with E-state index in [9.17, 15) is 4.79 Å². The Balaban J connectivity index is 2.07. The summed E-state index contributed by atoms with van der Waals surface area (Å²) in [6.45, 7) is 1.24. The van der Waals surface area contributed by atoms with Crippen LogP contribution in [0.2, 0.25) is 0 Å². The number of nitrogens with one attached hydrogen (secondary N) is 1. The van der Waals surface area contributed by atoms with Gasteiger partial charge in [-0.1, -0.05) is 0 Å². The zero-order valence-corrected chi connectivity index (χ0v) is 10.2. The van der Waals surface area contributed by atoms with Crippen LogP contribution >= 0.6 is 15.9 Å². The van der Waals surface area contributed by atoms with Crippen molar-refractivity contribution in [1.82, 2.24) is 4.98 Å². The molecule has 2 aliphatic heterocycles. The summed E-state index contributed by atoms with van der Waals surface area (Å²) in [7, 11) is 0. The largest absolute Gasteiger partial charge is 0.381 e. The first kappa shape index (κ1) is 10.2. The van der Waals surface area contributed by atoms with Gasteiger partial charge in [0.25, 0.3) is 0 Å². The van der Waals surface area contributed by atoms with E-state index in [-0.39, 0.29) is 17.7 Å². The number of carbonyl (C=O) groups is 1. The van der Waals surface area contributed by atoms with Crippen LogP contribution in [0.4, 0.5) is 5.82 Å². The van der Waals surface area contributed by atoms with Crippen molar-refractivity contribution in [3.8, 4) is 0 Å². The molecule has 84 valence electrons. The van der Waals surface area contributed by atoms with Gasteiger partial charge in [-0.2, -0.15) is 0 Å². The molecule has 0 saturated carbocycles. The molecule has 4 nitrogen and oxygen atoms in total. The molecule has 0 spiro atoms. The molecule has 16 heavy (non-hydrogen) atoms. The molecule has 0 aliphatic carbocycles. The second-order valence-electron chi connectivity index (χ2n) is 4.16. The van der Waals surface area contributed by atoms with Crippen molar-refractivity contribution in [3.05, 3.63) is 22.3 Å². The fourth-order valence-electron chi connectivity index (χ4n) is 2.42. The minimum Gasteiger partial charge on any atom is -0.381 e. The first-order chi connectivity index (χ1) is 7.75. The molecule has 1 aromatic heterocycles. The van der Waals surface area contributed by atoms with Gasteiger partial charge in [0.1, 0.15) is 5.82 Å². The Hall–Kier alpha value is -0.940. The van der Waals surface area contributed by atoms with Crippen molar-refractivity contribution in [2.75, 3.05) is 18.5 Å². The lowest BCUT2D eigenvalue weighted by molar-refractivity contribution is -0.125. The normalized spacial score (nSPS) is 27.9. The Kier molecular flexibility index (Phi) is 2.44. The zero-order chi connectivity index (χ0) is 11.1. The van der Waals surface area contributed by atoms with Crippen LogP contribution in [0.1, 0.15) is 17.9 Å². The van der Waals surface area contributed by atoms with Crippen LogP contribution in [-0.4, -0.2) is 24.1 Å².